The van der Waals surface area contributed by atoms with Gasteiger partial charge in [0.25, 0.3) is 0 Å². The quantitative estimate of drug-likeness (QED) is 0.688. The lowest BCUT2D eigenvalue weighted by Crippen LogP contribution is -2.13. The zero-order valence-corrected chi connectivity index (χ0v) is 15.9. The van der Waals surface area contributed by atoms with Crippen LogP contribution in [0.2, 0.25) is 0 Å². The Bertz CT molecular complexity index is 1140. The van der Waals surface area contributed by atoms with Crippen molar-refractivity contribution in [1.82, 2.24) is 0 Å². The third kappa shape index (κ3) is 2.69. The van der Waals surface area contributed by atoms with Crippen LogP contribution in [0.15, 0.2) is 51.7 Å². The molecule has 0 radical (unpaired) electrons. The third-order valence-electron chi connectivity index (χ3n) is 4.94. The van der Waals surface area contributed by atoms with E-state index in [9.17, 15) is 9.90 Å². The predicted octanol–water partition coefficient (Wildman–Crippen LogP) is 4.06. The Kier molecular flexibility index (Phi) is 4.26. The second kappa shape index (κ2) is 6.64. The van der Waals surface area contributed by atoms with E-state index in [1.54, 1.807) is 37.4 Å². The maximum atomic E-state index is 13.1. The molecule has 28 heavy (non-hydrogen) atoms. The molecular weight excluding hydrogens is 360 g/mol. The Morgan fingerprint density at radius 3 is 2.54 bits per heavy atom. The second-order valence-electron chi connectivity index (χ2n) is 6.75. The van der Waals surface area contributed by atoms with E-state index in [0.717, 1.165) is 5.57 Å². The predicted molar refractivity (Wildman–Crippen MR) is 106 cm³/mol. The van der Waals surface area contributed by atoms with Crippen molar-refractivity contribution in [2.24, 2.45) is 0 Å². The SMILES string of the molecule is C=C(C)[C@@H]1Cc2c(cc3oc(-c4ccc(OC)cc4)c(OC)c(=O)c3c2O)O1. The van der Waals surface area contributed by atoms with Gasteiger partial charge in [0.2, 0.25) is 11.2 Å². The van der Waals surface area contributed by atoms with E-state index >= 15 is 0 Å². The van der Waals surface area contributed by atoms with Crippen molar-refractivity contribution >= 4 is 11.0 Å². The van der Waals surface area contributed by atoms with Gasteiger partial charge in [-0.25, -0.2) is 0 Å². The summed E-state index contributed by atoms with van der Waals surface area (Å²) in [5.74, 6) is 1.34. The molecule has 0 aliphatic carbocycles. The lowest BCUT2D eigenvalue weighted by molar-refractivity contribution is 0.271. The summed E-state index contributed by atoms with van der Waals surface area (Å²) in [7, 11) is 2.98. The maximum Gasteiger partial charge on any atom is 0.239 e. The number of rotatable bonds is 4. The highest BCUT2D eigenvalue weighted by Crippen LogP contribution is 2.43. The molecule has 0 fully saturated rings. The molecule has 6 nitrogen and oxygen atoms in total. The van der Waals surface area contributed by atoms with Crippen molar-refractivity contribution in [3.63, 3.8) is 0 Å². The standard InChI is InChI=1S/C22H20O6/c1-11(2)15-9-14-16(27-15)10-17-18(19(14)23)20(24)22(26-4)21(28-17)12-5-7-13(25-3)8-6-12/h5-8,10,15,23H,1,9H2,2-4H3/t15-/m0/s1. The van der Waals surface area contributed by atoms with Crippen LogP contribution >= 0.6 is 0 Å². The number of hydrogen-bond acceptors (Lipinski definition) is 6. The Morgan fingerprint density at radius 1 is 1.21 bits per heavy atom. The van der Waals surface area contributed by atoms with Gasteiger partial charge >= 0.3 is 0 Å². The average molecular weight is 380 g/mol. The highest BCUT2D eigenvalue weighted by molar-refractivity contribution is 5.90. The van der Waals surface area contributed by atoms with E-state index in [0.29, 0.717) is 29.0 Å². The number of ether oxygens (including phenoxy) is 3. The van der Waals surface area contributed by atoms with Crippen molar-refractivity contribution in [2.75, 3.05) is 14.2 Å². The summed E-state index contributed by atoms with van der Waals surface area (Å²) in [5, 5.41) is 10.8. The molecule has 6 heteroatoms. The smallest absolute Gasteiger partial charge is 0.239 e. The number of hydrogen-bond donors (Lipinski definition) is 1. The molecule has 2 aromatic carbocycles. The molecule has 3 aromatic rings. The minimum absolute atomic E-state index is 0.0308. The van der Waals surface area contributed by atoms with E-state index in [4.69, 9.17) is 18.6 Å². The van der Waals surface area contributed by atoms with Crippen molar-refractivity contribution < 1.29 is 23.7 Å². The van der Waals surface area contributed by atoms with E-state index in [-0.39, 0.29) is 34.3 Å². The molecule has 0 bridgehead atoms. The fourth-order valence-electron chi connectivity index (χ4n) is 3.41. The molecule has 1 aliphatic rings. The molecule has 4 rings (SSSR count). The van der Waals surface area contributed by atoms with E-state index < -0.39 is 5.43 Å². The number of methoxy groups -OCH3 is 2. The summed E-state index contributed by atoms with van der Waals surface area (Å²) in [6.45, 7) is 5.77. The first-order valence-electron chi connectivity index (χ1n) is 8.80. The van der Waals surface area contributed by atoms with Crippen LogP contribution in [-0.4, -0.2) is 25.4 Å². The fourth-order valence-corrected chi connectivity index (χ4v) is 3.41. The lowest BCUT2D eigenvalue weighted by atomic mass is 10.0. The molecule has 0 amide bonds. The number of benzene rings is 2. The van der Waals surface area contributed by atoms with Crippen LogP contribution in [0.3, 0.4) is 0 Å². The molecule has 1 aromatic heterocycles. The Balaban J connectivity index is 1.95. The first kappa shape index (κ1) is 18.0. The van der Waals surface area contributed by atoms with Gasteiger partial charge < -0.3 is 23.7 Å². The Labute approximate surface area is 161 Å². The monoisotopic (exact) mass is 380 g/mol. The Hall–Kier alpha value is -3.41. The second-order valence-corrected chi connectivity index (χ2v) is 6.75. The van der Waals surface area contributed by atoms with Gasteiger partial charge in [0.1, 0.15) is 34.3 Å². The van der Waals surface area contributed by atoms with Gasteiger partial charge in [0.15, 0.2) is 5.76 Å². The molecule has 2 heterocycles. The van der Waals surface area contributed by atoms with Crippen LogP contribution in [0.4, 0.5) is 0 Å². The van der Waals surface area contributed by atoms with Crippen LogP contribution in [0.5, 0.6) is 23.0 Å². The molecule has 0 unspecified atom stereocenters. The van der Waals surface area contributed by atoms with Crippen molar-refractivity contribution in [3.05, 3.63) is 58.3 Å². The van der Waals surface area contributed by atoms with Crippen LogP contribution in [0, 0.1) is 0 Å². The van der Waals surface area contributed by atoms with Gasteiger partial charge in [-0.3, -0.25) is 4.79 Å². The summed E-state index contributed by atoms with van der Waals surface area (Å²) < 4.78 is 22.4. The fraction of sp³-hybridized carbons (Fsp3) is 0.227. The van der Waals surface area contributed by atoms with E-state index in [1.807, 2.05) is 6.92 Å². The van der Waals surface area contributed by atoms with Gasteiger partial charge in [-0.15, -0.1) is 0 Å². The lowest BCUT2D eigenvalue weighted by Gasteiger charge is -2.12. The highest BCUT2D eigenvalue weighted by Gasteiger charge is 2.30. The van der Waals surface area contributed by atoms with Crippen LogP contribution in [0.25, 0.3) is 22.3 Å². The van der Waals surface area contributed by atoms with Gasteiger partial charge in [-0.05, 0) is 36.8 Å². The van der Waals surface area contributed by atoms with Crippen molar-refractivity contribution in [3.8, 4) is 34.3 Å². The number of aromatic hydroxyl groups is 1. The molecule has 0 spiro atoms. The van der Waals surface area contributed by atoms with Crippen LogP contribution in [0.1, 0.15) is 12.5 Å². The molecule has 0 saturated carbocycles. The van der Waals surface area contributed by atoms with Crippen LogP contribution in [-0.2, 0) is 6.42 Å². The molecule has 1 N–H and O–H groups in total. The molecule has 0 saturated heterocycles. The first-order chi connectivity index (χ1) is 13.4. The largest absolute Gasteiger partial charge is 0.507 e. The number of fused-ring (bicyclic) bond motifs is 2. The van der Waals surface area contributed by atoms with E-state index in [1.165, 1.54) is 7.11 Å². The molecule has 1 aliphatic heterocycles. The highest BCUT2D eigenvalue weighted by atomic mass is 16.5. The molecule has 144 valence electrons. The zero-order valence-electron chi connectivity index (χ0n) is 15.9. The minimum atomic E-state index is -0.436. The summed E-state index contributed by atoms with van der Waals surface area (Å²) in [4.78, 5) is 13.1. The van der Waals surface area contributed by atoms with Gasteiger partial charge in [-0.1, -0.05) is 6.58 Å². The topological polar surface area (TPSA) is 78.1 Å². The normalized spacial score (nSPS) is 15.2. The zero-order chi connectivity index (χ0) is 20.0. The summed E-state index contributed by atoms with van der Waals surface area (Å²) in [6, 6.07) is 8.71. The number of phenols is 1. The number of phenolic OH excluding ortho intramolecular Hbond substituents is 1. The average Bonchev–Trinajstić information content (AvgIpc) is 3.12. The van der Waals surface area contributed by atoms with E-state index in [2.05, 4.69) is 6.58 Å². The van der Waals surface area contributed by atoms with Gasteiger partial charge in [-0.2, -0.15) is 0 Å². The van der Waals surface area contributed by atoms with Gasteiger partial charge in [0, 0.05) is 23.6 Å². The summed E-state index contributed by atoms with van der Waals surface area (Å²) in [5.41, 5.74) is 1.86. The summed E-state index contributed by atoms with van der Waals surface area (Å²) >= 11 is 0. The maximum absolute atomic E-state index is 13.1. The molecular formula is C22H20O6. The van der Waals surface area contributed by atoms with Crippen molar-refractivity contribution in [1.29, 1.82) is 0 Å². The van der Waals surface area contributed by atoms with Crippen LogP contribution < -0.4 is 19.6 Å². The minimum Gasteiger partial charge on any atom is -0.507 e. The Morgan fingerprint density at radius 2 is 1.93 bits per heavy atom. The van der Waals surface area contributed by atoms with Crippen molar-refractivity contribution in [2.45, 2.75) is 19.4 Å². The summed E-state index contributed by atoms with van der Waals surface area (Å²) in [6.07, 6.45) is 0.213. The first-order valence-corrected chi connectivity index (χ1v) is 8.80. The third-order valence-corrected chi connectivity index (χ3v) is 4.94. The molecule has 1 atom stereocenters. The van der Waals surface area contributed by atoms with Gasteiger partial charge in [0.05, 0.1) is 14.2 Å².